The van der Waals surface area contributed by atoms with Gasteiger partial charge in [-0.1, -0.05) is 29.4 Å². The van der Waals surface area contributed by atoms with Gasteiger partial charge < -0.3 is 19.3 Å². The molecule has 1 aliphatic rings. The highest BCUT2D eigenvalue weighted by atomic mass is 19.4. The highest BCUT2D eigenvalue weighted by molar-refractivity contribution is 5.95. The van der Waals surface area contributed by atoms with E-state index in [0.29, 0.717) is 16.6 Å². The van der Waals surface area contributed by atoms with E-state index < -0.39 is 30.6 Å². The van der Waals surface area contributed by atoms with E-state index in [9.17, 15) is 26.7 Å². The molecular formula is C25H19F5N4O5. The van der Waals surface area contributed by atoms with Crippen molar-refractivity contribution in [2.24, 2.45) is 0 Å². The normalized spacial score (nSPS) is 16.7. The SMILES string of the molecule is O=C(O)C(F)(F)F.O=C(c1cccc(-c2ncno2)c1)N1CCC(F)(F)[C@@H](Oc2ccc3ccccc3n2)C1. The van der Waals surface area contributed by atoms with Crippen LogP contribution in [0.2, 0.25) is 0 Å². The average molecular weight is 550 g/mol. The quantitative estimate of drug-likeness (QED) is 0.359. The molecule has 1 amide bonds. The molecule has 1 atom stereocenters. The Bertz CT molecular complexity index is 1460. The standard InChI is InChI=1S/C23H18F2N4O3.C2HF3O2/c24-23(25)10-11-29(22(30)17-6-3-5-16(12-17)21-26-14-27-32-21)13-19(23)31-20-9-8-15-4-1-2-7-18(15)28-20;3-2(4,5)1(6)7/h1-9,12,14,19H,10-11,13H2;(H,6,7)/t19-;/m0./s1. The van der Waals surface area contributed by atoms with E-state index in [1.54, 1.807) is 42.5 Å². The lowest BCUT2D eigenvalue weighted by Crippen LogP contribution is -2.55. The van der Waals surface area contributed by atoms with Gasteiger partial charge in [0.05, 0.1) is 12.1 Å². The summed E-state index contributed by atoms with van der Waals surface area (Å²) in [4.78, 5) is 31.6. The molecule has 4 aromatic rings. The van der Waals surface area contributed by atoms with Gasteiger partial charge in [-0.15, -0.1) is 0 Å². The lowest BCUT2D eigenvalue weighted by molar-refractivity contribution is -0.192. The number of amides is 1. The number of piperidine rings is 1. The molecule has 14 heteroatoms. The van der Waals surface area contributed by atoms with Crippen molar-refractivity contribution in [3.63, 3.8) is 0 Å². The van der Waals surface area contributed by atoms with Crippen LogP contribution in [0.3, 0.4) is 0 Å². The summed E-state index contributed by atoms with van der Waals surface area (Å²) in [5.41, 5.74) is 1.56. The molecule has 9 nitrogen and oxygen atoms in total. The number of hydrogen-bond donors (Lipinski definition) is 1. The predicted octanol–water partition coefficient (Wildman–Crippen LogP) is 4.85. The maximum Gasteiger partial charge on any atom is 0.490 e. The van der Waals surface area contributed by atoms with E-state index in [2.05, 4.69) is 15.1 Å². The molecule has 0 aliphatic carbocycles. The molecule has 0 saturated carbocycles. The number of carboxylic acid groups (broad SMARTS) is 1. The molecule has 1 saturated heterocycles. The lowest BCUT2D eigenvalue weighted by atomic mass is 10.0. The molecule has 0 unspecified atom stereocenters. The van der Waals surface area contributed by atoms with Gasteiger partial charge in [-0.05, 0) is 30.3 Å². The Morgan fingerprint density at radius 2 is 1.82 bits per heavy atom. The Labute approximate surface area is 216 Å². The van der Waals surface area contributed by atoms with Gasteiger partial charge in [0, 0.05) is 35.5 Å². The first-order valence-electron chi connectivity index (χ1n) is 11.3. The number of fused-ring (bicyclic) bond motifs is 1. The molecule has 204 valence electrons. The second kappa shape index (κ2) is 11.0. The molecule has 3 heterocycles. The Morgan fingerprint density at radius 3 is 2.51 bits per heavy atom. The van der Waals surface area contributed by atoms with Crippen LogP contribution < -0.4 is 4.74 Å². The number of halogens is 5. The first-order chi connectivity index (χ1) is 18.4. The van der Waals surface area contributed by atoms with E-state index in [4.69, 9.17) is 19.2 Å². The molecule has 1 aliphatic heterocycles. The van der Waals surface area contributed by atoms with Crippen molar-refractivity contribution in [1.29, 1.82) is 0 Å². The molecule has 39 heavy (non-hydrogen) atoms. The van der Waals surface area contributed by atoms with Crippen LogP contribution in [0, 0.1) is 0 Å². The number of aromatic nitrogens is 3. The van der Waals surface area contributed by atoms with E-state index in [-0.39, 0.29) is 30.8 Å². The number of pyridine rings is 1. The van der Waals surface area contributed by atoms with E-state index in [0.717, 1.165) is 5.39 Å². The second-order valence-corrected chi connectivity index (χ2v) is 8.34. The van der Waals surface area contributed by atoms with Crippen LogP contribution in [-0.4, -0.2) is 68.3 Å². The third kappa shape index (κ3) is 6.64. The Morgan fingerprint density at radius 1 is 1.08 bits per heavy atom. The first kappa shape index (κ1) is 27.4. The third-order valence-electron chi connectivity index (χ3n) is 5.66. The van der Waals surface area contributed by atoms with Crippen LogP contribution >= 0.6 is 0 Å². The van der Waals surface area contributed by atoms with E-state index >= 15 is 0 Å². The van der Waals surface area contributed by atoms with Gasteiger partial charge in [-0.25, -0.2) is 18.6 Å². The maximum atomic E-state index is 14.6. The number of aliphatic carboxylic acids is 1. The molecule has 1 fully saturated rings. The van der Waals surface area contributed by atoms with Crippen LogP contribution in [0.25, 0.3) is 22.4 Å². The fourth-order valence-corrected chi connectivity index (χ4v) is 3.70. The number of alkyl halides is 5. The minimum Gasteiger partial charge on any atom is -0.475 e. The minimum absolute atomic E-state index is 0.0817. The van der Waals surface area contributed by atoms with E-state index in [1.807, 2.05) is 18.2 Å². The number of rotatable bonds is 4. The van der Waals surface area contributed by atoms with Gasteiger partial charge in [0.1, 0.15) is 0 Å². The average Bonchev–Trinajstić information content (AvgIpc) is 3.45. The number of nitrogens with zero attached hydrogens (tertiary/aromatic N) is 4. The molecule has 1 N–H and O–H groups in total. The van der Waals surface area contributed by atoms with Crippen molar-refractivity contribution in [2.75, 3.05) is 13.1 Å². The first-order valence-corrected chi connectivity index (χ1v) is 11.3. The molecule has 0 radical (unpaired) electrons. The molecular weight excluding hydrogens is 531 g/mol. The summed E-state index contributed by atoms with van der Waals surface area (Å²) in [7, 11) is 0. The molecule has 2 aromatic heterocycles. The van der Waals surface area contributed by atoms with Crippen molar-refractivity contribution >= 4 is 22.8 Å². The smallest absolute Gasteiger partial charge is 0.475 e. The molecule has 0 bridgehead atoms. The highest BCUT2D eigenvalue weighted by Crippen LogP contribution is 2.32. The molecule has 0 spiro atoms. The van der Waals surface area contributed by atoms with Gasteiger partial charge in [-0.2, -0.15) is 18.2 Å². The number of likely N-dealkylation sites (tertiary alicyclic amines) is 1. The summed E-state index contributed by atoms with van der Waals surface area (Å²) in [5.74, 6) is -5.85. The summed E-state index contributed by atoms with van der Waals surface area (Å²) in [6.45, 7) is -0.341. The molecule has 2 aromatic carbocycles. The van der Waals surface area contributed by atoms with E-state index in [1.165, 1.54) is 11.2 Å². The van der Waals surface area contributed by atoms with Crippen LogP contribution in [0.1, 0.15) is 16.8 Å². The fraction of sp³-hybridized carbons (Fsp3) is 0.240. The number of carboxylic acids is 1. The maximum absolute atomic E-state index is 14.6. The van der Waals surface area contributed by atoms with Crippen LogP contribution in [0.5, 0.6) is 5.88 Å². The number of carbonyl (C=O) groups excluding carboxylic acids is 1. The highest BCUT2D eigenvalue weighted by Gasteiger charge is 2.47. The van der Waals surface area contributed by atoms with Crippen LogP contribution in [0.4, 0.5) is 22.0 Å². The Kier molecular flexibility index (Phi) is 7.74. The summed E-state index contributed by atoms with van der Waals surface area (Å²) < 4.78 is 71.6. The molecule has 5 rings (SSSR count). The number of para-hydroxylation sites is 1. The van der Waals surface area contributed by atoms with Gasteiger partial charge in [-0.3, -0.25) is 4.79 Å². The van der Waals surface area contributed by atoms with Crippen LogP contribution in [-0.2, 0) is 4.79 Å². The number of carbonyl (C=O) groups is 2. The third-order valence-corrected chi connectivity index (χ3v) is 5.66. The van der Waals surface area contributed by atoms with Crippen LogP contribution in [0.15, 0.2) is 71.5 Å². The van der Waals surface area contributed by atoms with Gasteiger partial charge in [0.25, 0.3) is 17.7 Å². The number of benzene rings is 2. The van der Waals surface area contributed by atoms with Crippen molar-refractivity contribution in [3.05, 3.63) is 72.6 Å². The number of ether oxygens (including phenoxy) is 1. The topological polar surface area (TPSA) is 119 Å². The zero-order valence-electron chi connectivity index (χ0n) is 19.8. The lowest BCUT2D eigenvalue weighted by Gasteiger charge is -2.38. The summed E-state index contributed by atoms with van der Waals surface area (Å²) >= 11 is 0. The largest absolute Gasteiger partial charge is 0.490 e. The summed E-state index contributed by atoms with van der Waals surface area (Å²) in [5, 5.41) is 11.6. The predicted molar refractivity (Wildman–Crippen MR) is 125 cm³/mol. The second-order valence-electron chi connectivity index (χ2n) is 8.34. The van der Waals surface area contributed by atoms with Crippen molar-refractivity contribution < 1.29 is 45.9 Å². The fourth-order valence-electron chi connectivity index (χ4n) is 3.70. The van der Waals surface area contributed by atoms with Gasteiger partial charge >= 0.3 is 12.1 Å². The van der Waals surface area contributed by atoms with Crippen molar-refractivity contribution in [3.8, 4) is 17.3 Å². The van der Waals surface area contributed by atoms with Crippen molar-refractivity contribution in [2.45, 2.75) is 24.6 Å². The zero-order valence-corrected chi connectivity index (χ0v) is 19.8. The summed E-state index contributed by atoms with van der Waals surface area (Å²) in [6, 6.07) is 17.3. The Hall–Kier alpha value is -4.62. The summed E-state index contributed by atoms with van der Waals surface area (Å²) in [6.07, 6.45) is -5.83. The number of hydrogen-bond acceptors (Lipinski definition) is 7. The minimum atomic E-state index is -5.08. The Balaban J connectivity index is 0.000000448. The van der Waals surface area contributed by atoms with Gasteiger partial charge in [0.15, 0.2) is 12.4 Å². The monoisotopic (exact) mass is 550 g/mol. The zero-order chi connectivity index (χ0) is 28.2. The van der Waals surface area contributed by atoms with Crippen molar-refractivity contribution in [1.82, 2.24) is 20.0 Å². The van der Waals surface area contributed by atoms with Gasteiger partial charge in [0.2, 0.25) is 5.88 Å².